The molecule has 1 saturated heterocycles. The number of ether oxygens (including phenoxy) is 1. The fourth-order valence-corrected chi connectivity index (χ4v) is 5.16. The summed E-state index contributed by atoms with van der Waals surface area (Å²) in [4.78, 5) is 0. The summed E-state index contributed by atoms with van der Waals surface area (Å²) < 4.78 is 23.5. The maximum Gasteiger partial charge on any atom is 0.509 e. The summed E-state index contributed by atoms with van der Waals surface area (Å²) in [5, 5.41) is 0. The highest BCUT2D eigenvalue weighted by molar-refractivity contribution is 6.63. The van der Waals surface area contributed by atoms with Crippen molar-refractivity contribution in [2.45, 2.75) is 65.4 Å². The number of hydrogen-bond acceptors (Lipinski definition) is 4. The van der Waals surface area contributed by atoms with E-state index in [2.05, 4.69) is 0 Å². The Morgan fingerprint density at radius 1 is 0.824 bits per heavy atom. The van der Waals surface area contributed by atoms with Crippen LogP contribution in [0.2, 0.25) is 5.54 Å². The monoisotopic (exact) mass is 262 g/mol. The molecule has 1 aliphatic rings. The van der Waals surface area contributed by atoms with Gasteiger partial charge in [0.05, 0.1) is 18.8 Å². The van der Waals surface area contributed by atoms with Crippen molar-refractivity contribution < 1.29 is 18.0 Å². The second-order valence-electron chi connectivity index (χ2n) is 5.34. The lowest BCUT2D eigenvalue weighted by molar-refractivity contribution is -0.0558. The predicted molar refractivity (Wildman–Crippen MR) is 69.0 cm³/mol. The Hall–Kier alpha value is 0.0569. The smallest absolute Gasteiger partial charge is 0.381 e. The summed E-state index contributed by atoms with van der Waals surface area (Å²) in [7, 11) is -2.63. The van der Waals surface area contributed by atoms with Gasteiger partial charge in [-0.25, -0.2) is 0 Å². The Balaban J connectivity index is 2.82. The molecule has 0 amide bonds. The molecular formula is C12H26O4Si. The van der Waals surface area contributed by atoms with Crippen molar-refractivity contribution in [2.75, 3.05) is 13.2 Å². The van der Waals surface area contributed by atoms with Crippen LogP contribution in [0.1, 0.15) is 41.5 Å². The highest BCUT2D eigenvalue weighted by Crippen LogP contribution is 2.35. The van der Waals surface area contributed by atoms with E-state index in [1.54, 1.807) is 0 Å². The molecule has 0 N–H and O–H groups in total. The van der Waals surface area contributed by atoms with Gasteiger partial charge in [-0.15, -0.1) is 0 Å². The van der Waals surface area contributed by atoms with Crippen LogP contribution >= 0.6 is 0 Å². The largest absolute Gasteiger partial charge is 0.509 e. The van der Waals surface area contributed by atoms with Gasteiger partial charge < -0.3 is 18.0 Å². The second kappa shape index (κ2) is 6.29. The minimum atomic E-state index is -2.63. The van der Waals surface area contributed by atoms with Gasteiger partial charge in [-0.1, -0.05) is 0 Å². The molecule has 0 atom stereocenters. The molecule has 0 radical (unpaired) electrons. The Bertz CT molecular complexity index is 200. The van der Waals surface area contributed by atoms with Crippen LogP contribution in [0.5, 0.6) is 0 Å². The summed E-state index contributed by atoms with van der Waals surface area (Å²) in [6.07, 6.45) is 0.333. The predicted octanol–water partition coefficient (Wildman–Crippen LogP) is 2.60. The van der Waals surface area contributed by atoms with Crippen molar-refractivity contribution >= 4 is 8.80 Å². The third-order valence-electron chi connectivity index (χ3n) is 2.34. The van der Waals surface area contributed by atoms with E-state index in [4.69, 9.17) is 18.0 Å². The standard InChI is InChI=1S/C12H26O4Si/c1-9(2)14-17(15-10(3)4,16-11(5)6)12-7-13-8-12/h9-12H,7-8H2,1-6H3. The molecule has 0 aromatic rings. The molecule has 4 nitrogen and oxygen atoms in total. The zero-order valence-corrected chi connectivity index (χ0v) is 12.9. The fraction of sp³-hybridized carbons (Fsp3) is 1.00. The first kappa shape index (κ1) is 15.1. The lowest BCUT2D eigenvalue weighted by Gasteiger charge is -2.42. The Kier molecular flexibility index (Phi) is 5.59. The molecule has 0 saturated carbocycles. The molecule has 0 aliphatic carbocycles. The SMILES string of the molecule is CC(C)O[Si](OC(C)C)(OC(C)C)C1COC1. The van der Waals surface area contributed by atoms with Crippen molar-refractivity contribution in [3.05, 3.63) is 0 Å². The minimum absolute atomic E-state index is 0.111. The maximum absolute atomic E-state index is 6.08. The third kappa shape index (κ3) is 4.33. The van der Waals surface area contributed by atoms with Crippen molar-refractivity contribution in [2.24, 2.45) is 0 Å². The van der Waals surface area contributed by atoms with Gasteiger partial charge in [0.1, 0.15) is 0 Å². The van der Waals surface area contributed by atoms with E-state index in [9.17, 15) is 0 Å². The van der Waals surface area contributed by atoms with E-state index < -0.39 is 8.80 Å². The maximum atomic E-state index is 6.08. The number of rotatable bonds is 7. The van der Waals surface area contributed by atoms with Crippen LogP contribution in [-0.2, 0) is 18.0 Å². The first-order valence-corrected chi connectivity index (χ1v) is 8.27. The first-order valence-electron chi connectivity index (χ1n) is 6.47. The Morgan fingerprint density at radius 2 is 1.18 bits per heavy atom. The topological polar surface area (TPSA) is 36.9 Å². The van der Waals surface area contributed by atoms with Gasteiger partial charge in [0, 0.05) is 18.3 Å². The summed E-state index contributed by atoms with van der Waals surface area (Å²) >= 11 is 0. The average molecular weight is 262 g/mol. The Labute approximate surface area is 106 Å². The quantitative estimate of drug-likeness (QED) is 0.661. The molecule has 0 unspecified atom stereocenters. The summed E-state index contributed by atoms with van der Waals surface area (Å²) in [6, 6.07) is 0. The molecule has 0 spiro atoms. The van der Waals surface area contributed by atoms with Crippen molar-refractivity contribution in [1.29, 1.82) is 0 Å². The van der Waals surface area contributed by atoms with Gasteiger partial charge in [-0.2, -0.15) is 0 Å². The Morgan fingerprint density at radius 3 is 1.35 bits per heavy atom. The van der Waals surface area contributed by atoms with Crippen LogP contribution in [0.4, 0.5) is 0 Å². The summed E-state index contributed by atoms with van der Waals surface area (Å²) in [6.45, 7) is 13.5. The second-order valence-corrected chi connectivity index (χ2v) is 8.07. The molecule has 1 aliphatic heterocycles. The van der Waals surface area contributed by atoms with E-state index >= 15 is 0 Å². The van der Waals surface area contributed by atoms with Gasteiger partial charge in [-0.05, 0) is 41.5 Å². The van der Waals surface area contributed by atoms with Gasteiger partial charge in [0.25, 0.3) is 0 Å². The molecule has 17 heavy (non-hydrogen) atoms. The van der Waals surface area contributed by atoms with E-state index in [1.165, 1.54) is 0 Å². The van der Waals surface area contributed by atoms with Gasteiger partial charge in [0.15, 0.2) is 0 Å². The van der Waals surface area contributed by atoms with Gasteiger partial charge in [-0.3, -0.25) is 0 Å². The fourth-order valence-electron chi connectivity index (χ4n) is 1.80. The van der Waals surface area contributed by atoms with Crippen LogP contribution in [0.15, 0.2) is 0 Å². The van der Waals surface area contributed by atoms with Crippen LogP contribution < -0.4 is 0 Å². The van der Waals surface area contributed by atoms with Crippen LogP contribution in [0.3, 0.4) is 0 Å². The molecule has 1 fully saturated rings. The van der Waals surface area contributed by atoms with E-state index in [0.29, 0.717) is 13.2 Å². The highest BCUT2D eigenvalue weighted by Gasteiger charge is 2.55. The highest BCUT2D eigenvalue weighted by atomic mass is 28.4. The molecule has 0 bridgehead atoms. The van der Waals surface area contributed by atoms with Gasteiger partial charge >= 0.3 is 8.80 Å². The zero-order valence-electron chi connectivity index (χ0n) is 11.9. The van der Waals surface area contributed by atoms with E-state index in [0.717, 1.165) is 0 Å². The number of hydrogen-bond donors (Lipinski definition) is 0. The lowest BCUT2D eigenvalue weighted by Crippen LogP contribution is -2.59. The van der Waals surface area contributed by atoms with Crippen LogP contribution in [0, 0.1) is 0 Å². The molecular weight excluding hydrogens is 236 g/mol. The van der Waals surface area contributed by atoms with E-state index in [-0.39, 0.29) is 23.9 Å². The molecule has 0 aromatic heterocycles. The van der Waals surface area contributed by atoms with E-state index in [1.807, 2.05) is 41.5 Å². The van der Waals surface area contributed by atoms with Crippen LogP contribution in [-0.4, -0.2) is 40.3 Å². The normalized spacial score (nSPS) is 18.2. The third-order valence-corrected chi connectivity index (χ3v) is 6.07. The van der Waals surface area contributed by atoms with Crippen molar-refractivity contribution in [3.63, 3.8) is 0 Å². The summed E-state index contributed by atoms with van der Waals surface area (Å²) in [5.41, 5.74) is 0.287. The molecule has 1 rings (SSSR count). The average Bonchev–Trinajstić information content (AvgIpc) is 1.93. The van der Waals surface area contributed by atoms with Crippen molar-refractivity contribution in [3.8, 4) is 0 Å². The summed E-state index contributed by atoms with van der Waals surface area (Å²) in [5.74, 6) is 0. The molecule has 1 heterocycles. The van der Waals surface area contributed by atoms with Crippen LogP contribution in [0.25, 0.3) is 0 Å². The van der Waals surface area contributed by atoms with Crippen molar-refractivity contribution in [1.82, 2.24) is 0 Å². The lowest BCUT2D eigenvalue weighted by atomic mass is 10.4. The zero-order chi connectivity index (χ0) is 13.1. The minimum Gasteiger partial charge on any atom is -0.381 e. The molecule has 5 heteroatoms. The molecule has 0 aromatic carbocycles. The first-order chi connectivity index (χ1) is 7.85. The van der Waals surface area contributed by atoms with Gasteiger partial charge in [0.2, 0.25) is 0 Å². The molecule has 102 valence electrons.